The van der Waals surface area contributed by atoms with Gasteiger partial charge < -0.3 is 4.57 Å². The molecule has 4 heteroatoms. The van der Waals surface area contributed by atoms with E-state index < -0.39 is 0 Å². The van der Waals surface area contributed by atoms with Crippen molar-refractivity contribution in [2.45, 2.75) is 0 Å². The summed E-state index contributed by atoms with van der Waals surface area (Å²) in [7, 11) is 0. The molecule has 11 aromatic rings. The number of benzene rings is 9. The SMILES string of the molecule is c1ccc(-c2nc(-c3ccccc3)nc(-c3cccc(-n4c5ccc6ccc7cccc8c9cc%10ccccc%10c4c9c5c6c78)c3)n2)cc1. The molecule has 11 rings (SSSR count). The summed E-state index contributed by atoms with van der Waals surface area (Å²) in [5.41, 5.74) is 6.34. The van der Waals surface area contributed by atoms with Gasteiger partial charge in [0.1, 0.15) is 0 Å². The summed E-state index contributed by atoms with van der Waals surface area (Å²) in [4.78, 5) is 15.0. The Morgan fingerprint density at radius 1 is 0.347 bits per heavy atom. The van der Waals surface area contributed by atoms with E-state index in [0.29, 0.717) is 17.5 Å². The molecule has 0 aliphatic heterocycles. The van der Waals surface area contributed by atoms with Crippen molar-refractivity contribution >= 4 is 64.9 Å². The fourth-order valence-corrected chi connectivity index (χ4v) is 7.98. The zero-order valence-electron chi connectivity index (χ0n) is 26.3. The molecule has 0 aliphatic rings. The fraction of sp³-hybridized carbons (Fsp3) is 0. The van der Waals surface area contributed by atoms with Crippen LogP contribution in [0.4, 0.5) is 0 Å². The molecule has 0 fully saturated rings. The molecular weight excluding hydrogens is 597 g/mol. The molecule has 0 radical (unpaired) electrons. The minimum absolute atomic E-state index is 0.643. The van der Waals surface area contributed by atoms with Crippen molar-refractivity contribution in [3.05, 3.63) is 158 Å². The van der Waals surface area contributed by atoms with Crippen molar-refractivity contribution < 1.29 is 0 Å². The Bertz CT molecular complexity index is 2980. The smallest absolute Gasteiger partial charge is 0.164 e. The largest absolute Gasteiger partial charge is 0.309 e. The highest BCUT2D eigenvalue weighted by Gasteiger charge is 2.24. The van der Waals surface area contributed by atoms with Crippen molar-refractivity contribution in [1.82, 2.24) is 19.5 Å². The molecule has 4 nitrogen and oxygen atoms in total. The number of fused-ring (bicyclic) bond motifs is 3. The second-order valence-electron chi connectivity index (χ2n) is 12.8. The predicted octanol–water partition coefficient (Wildman–Crippen LogP) is 11.5. The third-order valence-corrected chi connectivity index (χ3v) is 10.1. The van der Waals surface area contributed by atoms with Crippen LogP contribution in [0.15, 0.2) is 158 Å². The minimum Gasteiger partial charge on any atom is -0.309 e. The molecule has 0 unspecified atom stereocenters. The lowest BCUT2D eigenvalue weighted by atomic mass is 9.88. The van der Waals surface area contributed by atoms with Crippen molar-refractivity contribution in [2.75, 3.05) is 0 Å². The molecule has 0 N–H and O–H groups in total. The summed E-state index contributed by atoms with van der Waals surface area (Å²) in [6.45, 7) is 0. The highest BCUT2D eigenvalue weighted by Crippen LogP contribution is 2.49. The molecule has 0 bridgehead atoms. The van der Waals surface area contributed by atoms with E-state index in [4.69, 9.17) is 15.0 Å². The van der Waals surface area contributed by atoms with Crippen LogP contribution in [0.2, 0.25) is 0 Å². The first-order valence-electron chi connectivity index (χ1n) is 16.6. The summed E-state index contributed by atoms with van der Waals surface area (Å²) < 4.78 is 2.46. The zero-order chi connectivity index (χ0) is 32.1. The molecule has 0 spiro atoms. The molecule has 49 heavy (non-hydrogen) atoms. The van der Waals surface area contributed by atoms with Gasteiger partial charge >= 0.3 is 0 Å². The number of nitrogens with zero attached hydrogens (tertiary/aromatic N) is 4. The summed E-state index contributed by atoms with van der Waals surface area (Å²) in [5, 5.41) is 12.9. The van der Waals surface area contributed by atoms with E-state index in [0.717, 1.165) is 22.4 Å². The Hall–Kier alpha value is -6.65. The van der Waals surface area contributed by atoms with E-state index in [2.05, 4.69) is 102 Å². The average Bonchev–Trinajstić information content (AvgIpc) is 3.54. The standard InChI is InChI=1S/C45H26N4/c1-3-11-29(12-4-1)43-46-44(30-13-5-2-6-14-30)48-45(47-43)32-17-9-18-33(25-32)49-37-24-23-28-22-21-27-16-10-20-35-36-26-31-15-7-8-19-34(31)42(49)40(36)41(37)39(28)38(27)35/h1-26H. The molecule has 0 saturated carbocycles. The normalized spacial score (nSPS) is 12.1. The number of aromatic nitrogens is 4. The van der Waals surface area contributed by atoms with Gasteiger partial charge in [0.2, 0.25) is 0 Å². The van der Waals surface area contributed by atoms with Crippen LogP contribution in [-0.2, 0) is 0 Å². The van der Waals surface area contributed by atoms with Gasteiger partial charge in [-0.25, -0.2) is 15.0 Å². The molecule has 0 amide bonds. The van der Waals surface area contributed by atoms with E-state index in [1.165, 1.54) is 64.9 Å². The van der Waals surface area contributed by atoms with Crippen molar-refractivity contribution in [3.8, 4) is 39.9 Å². The van der Waals surface area contributed by atoms with E-state index in [-0.39, 0.29) is 0 Å². The van der Waals surface area contributed by atoms with Crippen LogP contribution in [0.1, 0.15) is 0 Å². The second-order valence-corrected chi connectivity index (χ2v) is 12.8. The Morgan fingerprint density at radius 2 is 0.918 bits per heavy atom. The van der Waals surface area contributed by atoms with Crippen molar-refractivity contribution in [1.29, 1.82) is 0 Å². The van der Waals surface area contributed by atoms with Gasteiger partial charge in [-0.3, -0.25) is 0 Å². The van der Waals surface area contributed by atoms with Gasteiger partial charge in [0.25, 0.3) is 0 Å². The summed E-state index contributed by atoms with van der Waals surface area (Å²) in [6, 6.07) is 56.0. The summed E-state index contributed by atoms with van der Waals surface area (Å²) in [5.74, 6) is 1.95. The Balaban J connectivity index is 1.23. The van der Waals surface area contributed by atoms with Gasteiger partial charge in [-0.15, -0.1) is 0 Å². The molecule has 0 atom stereocenters. The second kappa shape index (κ2) is 9.93. The first-order valence-corrected chi connectivity index (χ1v) is 16.6. The average molecular weight is 623 g/mol. The predicted molar refractivity (Wildman–Crippen MR) is 203 cm³/mol. The van der Waals surface area contributed by atoms with Crippen LogP contribution in [0.5, 0.6) is 0 Å². The first kappa shape index (κ1) is 26.4. The lowest BCUT2D eigenvalue weighted by Gasteiger charge is -2.14. The van der Waals surface area contributed by atoms with Crippen LogP contribution in [0, 0.1) is 0 Å². The summed E-state index contributed by atoms with van der Waals surface area (Å²) in [6.07, 6.45) is 0. The van der Waals surface area contributed by atoms with Crippen molar-refractivity contribution in [2.24, 2.45) is 0 Å². The maximum Gasteiger partial charge on any atom is 0.164 e. The van der Waals surface area contributed by atoms with Gasteiger partial charge in [0.05, 0.1) is 11.0 Å². The first-order chi connectivity index (χ1) is 24.3. The molecule has 0 saturated heterocycles. The van der Waals surface area contributed by atoms with Gasteiger partial charge in [0, 0.05) is 43.9 Å². The summed E-state index contributed by atoms with van der Waals surface area (Å²) >= 11 is 0. The fourth-order valence-electron chi connectivity index (χ4n) is 7.98. The zero-order valence-corrected chi connectivity index (χ0v) is 26.3. The van der Waals surface area contributed by atoms with Crippen LogP contribution >= 0.6 is 0 Å². The molecular formula is C45H26N4. The molecule has 2 aromatic heterocycles. The Labute approximate surface area is 281 Å². The van der Waals surface area contributed by atoms with E-state index in [1.807, 2.05) is 60.7 Å². The van der Waals surface area contributed by atoms with Crippen LogP contribution in [-0.4, -0.2) is 19.5 Å². The minimum atomic E-state index is 0.643. The van der Waals surface area contributed by atoms with Gasteiger partial charge in [-0.05, 0) is 56.6 Å². The lowest BCUT2D eigenvalue weighted by molar-refractivity contribution is 1.07. The van der Waals surface area contributed by atoms with Crippen LogP contribution in [0.25, 0.3) is 105 Å². The molecule has 226 valence electrons. The monoisotopic (exact) mass is 622 g/mol. The van der Waals surface area contributed by atoms with E-state index in [9.17, 15) is 0 Å². The third kappa shape index (κ3) is 3.77. The quantitative estimate of drug-likeness (QED) is 0.145. The molecule has 0 aliphatic carbocycles. The molecule has 2 heterocycles. The van der Waals surface area contributed by atoms with Gasteiger partial charge in [0.15, 0.2) is 17.5 Å². The topological polar surface area (TPSA) is 43.6 Å². The molecule has 9 aromatic carbocycles. The van der Waals surface area contributed by atoms with E-state index in [1.54, 1.807) is 0 Å². The number of hydrogen-bond acceptors (Lipinski definition) is 3. The third-order valence-electron chi connectivity index (χ3n) is 10.1. The van der Waals surface area contributed by atoms with Gasteiger partial charge in [-0.1, -0.05) is 133 Å². The van der Waals surface area contributed by atoms with Crippen LogP contribution < -0.4 is 0 Å². The van der Waals surface area contributed by atoms with Crippen LogP contribution in [0.3, 0.4) is 0 Å². The Morgan fingerprint density at radius 3 is 1.67 bits per heavy atom. The highest BCUT2D eigenvalue weighted by atomic mass is 15.0. The Kier molecular flexibility index (Phi) is 5.35. The number of hydrogen-bond donors (Lipinski definition) is 0. The maximum absolute atomic E-state index is 5.05. The van der Waals surface area contributed by atoms with Crippen molar-refractivity contribution in [3.63, 3.8) is 0 Å². The highest BCUT2D eigenvalue weighted by molar-refractivity contribution is 6.42. The lowest BCUT2D eigenvalue weighted by Crippen LogP contribution is -2.01. The van der Waals surface area contributed by atoms with Gasteiger partial charge in [-0.2, -0.15) is 0 Å². The van der Waals surface area contributed by atoms with E-state index >= 15 is 0 Å². The maximum atomic E-state index is 5.05. The number of rotatable bonds is 4.